The lowest BCUT2D eigenvalue weighted by molar-refractivity contribution is 0.102. The van der Waals surface area contributed by atoms with Crippen molar-refractivity contribution in [2.24, 2.45) is 0 Å². The van der Waals surface area contributed by atoms with Crippen LogP contribution >= 0.6 is 11.8 Å². The summed E-state index contributed by atoms with van der Waals surface area (Å²) in [7, 11) is 0. The Balaban J connectivity index is 1.48. The Bertz CT molecular complexity index is 1060. The maximum absolute atomic E-state index is 14.1. The van der Waals surface area contributed by atoms with Gasteiger partial charge in [0.15, 0.2) is 0 Å². The number of nitrogens with one attached hydrogen (secondary N) is 1. The molecule has 0 saturated carbocycles. The molecule has 0 spiro atoms. The third kappa shape index (κ3) is 4.42. The highest BCUT2D eigenvalue weighted by Crippen LogP contribution is 2.22. The fourth-order valence-corrected chi connectivity index (χ4v) is 4.65. The number of carbonyl (C=O) groups is 1. The van der Waals surface area contributed by atoms with Gasteiger partial charge in [0, 0.05) is 36.8 Å². The summed E-state index contributed by atoms with van der Waals surface area (Å²) in [6, 6.07) is 12.5. The van der Waals surface area contributed by atoms with Crippen LogP contribution in [0.15, 0.2) is 48.7 Å². The van der Waals surface area contributed by atoms with E-state index in [1.165, 1.54) is 34.0 Å². The highest BCUT2D eigenvalue weighted by Gasteiger charge is 2.18. The van der Waals surface area contributed by atoms with Gasteiger partial charge in [-0.1, -0.05) is 24.3 Å². The van der Waals surface area contributed by atoms with E-state index >= 15 is 0 Å². The predicted molar refractivity (Wildman–Crippen MR) is 120 cm³/mol. The summed E-state index contributed by atoms with van der Waals surface area (Å²) >= 11 is 2.00. The van der Waals surface area contributed by atoms with Gasteiger partial charge in [-0.3, -0.25) is 9.69 Å². The zero-order valence-corrected chi connectivity index (χ0v) is 18.0. The average Bonchev–Trinajstić information content (AvgIpc) is 3.12. The van der Waals surface area contributed by atoms with E-state index in [1.807, 2.05) is 24.8 Å². The van der Waals surface area contributed by atoms with Crippen molar-refractivity contribution in [1.29, 1.82) is 0 Å². The molecule has 1 fully saturated rings. The standard InChI is InChI=1S/C23H25FN4OS/c1-16-13-18(15-27-9-11-30-12-10-27)7-8-21(16)26-23(29)19-14-25-28(17(19)2)22-6-4-3-5-20(22)24/h3-8,13-14H,9-12,15H2,1-2H3,(H,26,29). The molecule has 4 rings (SSSR count). The first-order valence-corrected chi connectivity index (χ1v) is 11.2. The maximum Gasteiger partial charge on any atom is 0.259 e. The summed E-state index contributed by atoms with van der Waals surface area (Å²) in [5, 5.41) is 7.19. The number of hydrogen-bond donors (Lipinski definition) is 1. The van der Waals surface area contributed by atoms with Crippen LogP contribution in [0, 0.1) is 19.7 Å². The van der Waals surface area contributed by atoms with Crippen LogP contribution in [0.25, 0.3) is 5.69 Å². The molecule has 30 heavy (non-hydrogen) atoms. The van der Waals surface area contributed by atoms with Crippen molar-refractivity contribution in [3.63, 3.8) is 0 Å². The summed E-state index contributed by atoms with van der Waals surface area (Å²) in [5.41, 5.74) is 4.39. The molecule has 2 heterocycles. The summed E-state index contributed by atoms with van der Waals surface area (Å²) in [5.74, 6) is 1.74. The summed E-state index contributed by atoms with van der Waals surface area (Å²) < 4.78 is 15.6. The second kappa shape index (κ2) is 9.02. The zero-order valence-electron chi connectivity index (χ0n) is 17.2. The van der Waals surface area contributed by atoms with Crippen LogP contribution in [0.2, 0.25) is 0 Å². The number of aromatic nitrogens is 2. The SMILES string of the molecule is Cc1cc(CN2CCSCC2)ccc1NC(=O)c1cnn(-c2ccccc2F)c1C. The third-order valence-electron chi connectivity index (χ3n) is 5.38. The predicted octanol–water partition coefficient (Wildman–Crippen LogP) is 4.43. The van der Waals surface area contributed by atoms with Gasteiger partial charge >= 0.3 is 0 Å². The van der Waals surface area contributed by atoms with Gasteiger partial charge in [-0.15, -0.1) is 0 Å². The quantitative estimate of drug-likeness (QED) is 0.658. The van der Waals surface area contributed by atoms with Crippen LogP contribution in [-0.2, 0) is 6.54 Å². The molecule has 1 saturated heterocycles. The van der Waals surface area contributed by atoms with Gasteiger partial charge in [-0.05, 0) is 43.2 Å². The molecule has 156 valence electrons. The highest BCUT2D eigenvalue weighted by atomic mass is 32.2. The smallest absolute Gasteiger partial charge is 0.259 e. The zero-order chi connectivity index (χ0) is 21.1. The van der Waals surface area contributed by atoms with Crippen molar-refractivity contribution in [2.45, 2.75) is 20.4 Å². The molecule has 3 aromatic rings. The van der Waals surface area contributed by atoms with Crippen molar-refractivity contribution in [1.82, 2.24) is 14.7 Å². The van der Waals surface area contributed by atoms with E-state index in [-0.39, 0.29) is 11.7 Å². The van der Waals surface area contributed by atoms with Crippen LogP contribution in [-0.4, -0.2) is 45.2 Å². The number of hydrogen-bond acceptors (Lipinski definition) is 4. The molecule has 7 heteroatoms. The minimum atomic E-state index is -0.380. The molecule has 0 aliphatic carbocycles. The Morgan fingerprint density at radius 1 is 1.17 bits per heavy atom. The fraction of sp³-hybridized carbons (Fsp3) is 0.304. The minimum absolute atomic E-state index is 0.251. The van der Waals surface area contributed by atoms with E-state index < -0.39 is 0 Å². The number of carbonyl (C=O) groups excluding carboxylic acids is 1. The molecular formula is C23H25FN4OS. The van der Waals surface area contributed by atoms with Gasteiger partial charge in [0.25, 0.3) is 5.91 Å². The fourth-order valence-electron chi connectivity index (χ4n) is 3.67. The van der Waals surface area contributed by atoms with Gasteiger partial charge in [0.1, 0.15) is 11.5 Å². The van der Waals surface area contributed by atoms with Crippen molar-refractivity contribution < 1.29 is 9.18 Å². The van der Waals surface area contributed by atoms with E-state index in [9.17, 15) is 9.18 Å². The molecule has 0 bridgehead atoms. The summed E-state index contributed by atoms with van der Waals surface area (Å²) in [6.45, 7) is 6.94. The Kier molecular flexibility index (Phi) is 6.20. The Morgan fingerprint density at radius 3 is 2.67 bits per heavy atom. The van der Waals surface area contributed by atoms with Crippen molar-refractivity contribution in [3.8, 4) is 5.69 Å². The van der Waals surface area contributed by atoms with Crippen LogP contribution in [0.4, 0.5) is 10.1 Å². The minimum Gasteiger partial charge on any atom is -0.322 e. The van der Waals surface area contributed by atoms with E-state index in [4.69, 9.17) is 0 Å². The van der Waals surface area contributed by atoms with Crippen molar-refractivity contribution >= 4 is 23.4 Å². The number of halogens is 1. The number of benzene rings is 2. The summed E-state index contributed by atoms with van der Waals surface area (Å²) in [4.78, 5) is 15.3. The van der Waals surface area contributed by atoms with E-state index in [1.54, 1.807) is 25.1 Å². The molecule has 0 atom stereocenters. The number of thioether (sulfide) groups is 1. The molecule has 1 aliphatic rings. The van der Waals surface area contributed by atoms with Gasteiger partial charge < -0.3 is 5.32 Å². The molecule has 1 N–H and O–H groups in total. The third-order valence-corrected chi connectivity index (χ3v) is 6.33. The van der Waals surface area contributed by atoms with Crippen LogP contribution in [0.5, 0.6) is 0 Å². The number of para-hydroxylation sites is 1. The maximum atomic E-state index is 14.1. The molecule has 1 aromatic heterocycles. The monoisotopic (exact) mass is 424 g/mol. The largest absolute Gasteiger partial charge is 0.322 e. The van der Waals surface area contributed by atoms with Gasteiger partial charge in [-0.2, -0.15) is 16.9 Å². The first-order chi connectivity index (χ1) is 14.5. The van der Waals surface area contributed by atoms with E-state index in [2.05, 4.69) is 27.4 Å². The number of nitrogens with zero attached hydrogens (tertiary/aromatic N) is 3. The Hall–Kier alpha value is -2.64. The normalized spacial score (nSPS) is 14.6. The van der Waals surface area contributed by atoms with Gasteiger partial charge in [0.2, 0.25) is 0 Å². The number of anilines is 1. The second-order valence-corrected chi connectivity index (χ2v) is 8.72. The van der Waals surface area contributed by atoms with Crippen LogP contribution < -0.4 is 5.32 Å². The first kappa shape index (κ1) is 20.6. The molecule has 0 unspecified atom stereocenters. The first-order valence-electron chi connectivity index (χ1n) is 10.0. The van der Waals surface area contributed by atoms with Crippen molar-refractivity contribution in [3.05, 3.63) is 76.9 Å². The van der Waals surface area contributed by atoms with Crippen LogP contribution in [0.1, 0.15) is 27.2 Å². The van der Waals surface area contributed by atoms with Crippen LogP contribution in [0.3, 0.4) is 0 Å². The lowest BCUT2D eigenvalue weighted by Gasteiger charge is -2.26. The number of aryl methyl sites for hydroxylation is 1. The second-order valence-electron chi connectivity index (χ2n) is 7.50. The molecule has 1 amide bonds. The van der Waals surface area contributed by atoms with E-state index in [0.717, 1.165) is 30.9 Å². The topological polar surface area (TPSA) is 50.2 Å². The highest BCUT2D eigenvalue weighted by molar-refractivity contribution is 7.99. The lowest BCUT2D eigenvalue weighted by Crippen LogP contribution is -2.31. The van der Waals surface area contributed by atoms with E-state index in [0.29, 0.717) is 16.9 Å². The van der Waals surface area contributed by atoms with Gasteiger partial charge in [-0.25, -0.2) is 9.07 Å². The molecule has 2 aromatic carbocycles. The Morgan fingerprint density at radius 2 is 1.93 bits per heavy atom. The molecule has 1 aliphatic heterocycles. The lowest BCUT2D eigenvalue weighted by atomic mass is 10.1. The van der Waals surface area contributed by atoms with Gasteiger partial charge in [0.05, 0.1) is 17.5 Å². The average molecular weight is 425 g/mol. The summed E-state index contributed by atoms with van der Waals surface area (Å²) in [6.07, 6.45) is 1.48. The number of rotatable bonds is 5. The Labute approximate surface area is 180 Å². The molecule has 0 radical (unpaired) electrons. The van der Waals surface area contributed by atoms with Crippen molar-refractivity contribution in [2.75, 3.05) is 29.9 Å². The number of amides is 1. The molecular weight excluding hydrogens is 399 g/mol. The molecule has 5 nitrogen and oxygen atoms in total.